The summed E-state index contributed by atoms with van der Waals surface area (Å²) in [5.41, 5.74) is 1.21. The maximum absolute atomic E-state index is 9.55. The van der Waals surface area contributed by atoms with Gasteiger partial charge in [0.1, 0.15) is 11.9 Å². The predicted octanol–water partition coefficient (Wildman–Crippen LogP) is 1.55. The molecule has 130 valence electrons. The van der Waals surface area contributed by atoms with Gasteiger partial charge in [-0.3, -0.25) is 4.90 Å². The Hall–Kier alpha value is -2.38. The highest BCUT2D eigenvalue weighted by Gasteiger charge is 2.34. The van der Waals surface area contributed by atoms with Crippen LogP contribution < -0.4 is 4.74 Å². The summed E-state index contributed by atoms with van der Waals surface area (Å²) in [6, 6.07) is 8.69. The van der Waals surface area contributed by atoms with Crippen LogP contribution in [0.5, 0.6) is 5.75 Å². The van der Waals surface area contributed by atoms with Crippen molar-refractivity contribution in [2.75, 3.05) is 26.8 Å². The molecule has 0 aromatic heterocycles. The average molecular weight is 335 g/mol. The summed E-state index contributed by atoms with van der Waals surface area (Å²) in [5.74, 6) is -1.52. The minimum atomic E-state index is -1.26. The zero-order valence-corrected chi connectivity index (χ0v) is 13.4. The fourth-order valence-corrected chi connectivity index (χ4v) is 2.78. The van der Waals surface area contributed by atoms with Gasteiger partial charge in [0.25, 0.3) is 0 Å². The van der Waals surface area contributed by atoms with Crippen LogP contribution in [0.25, 0.3) is 0 Å². The standard InChI is InChI=1S/C13H17NO2.C4H4O4/c1-14-7-9-16-13-10-4-2-3-5-12(10)15-8-6-11(13)14;5-3(6)1-2-4(7)8/h2-5,11,13H,6-9H2,1H3;1-2H,(H,5,6)(H,7,8)/b;2-1+. The first-order valence-corrected chi connectivity index (χ1v) is 7.66. The van der Waals surface area contributed by atoms with Gasteiger partial charge in [-0.05, 0) is 19.5 Å². The van der Waals surface area contributed by atoms with Crippen LogP contribution in [-0.4, -0.2) is 59.9 Å². The van der Waals surface area contributed by atoms with Gasteiger partial charge < -0.3 is 19.7 Å². The van der Waals surface area contributed by atoms with E-state index >= 15 is 0 Å². The lowest BCUT2D eigenvalue weighted by atomic mass is 9.97. The van der Waals surface area contributed by atoms with Gasteiger partial charge in [-0.25, -0.2) is 9.59 Å². The number of ether oxygens (including phenoxy) is 2. The monoisotopic (exact) mass is 335 g/mol. The van der Waals surface area contributed by atoms with Gasteiger partial charge in [0.2, 0.25) is 0 Å². The third kappa shape index (κ3) is 4.81. The number of morpholine rings is 1. The maximum Gasteiger partial charge on any atom is 0.328 e. The summed E-state index contributed by atoms with van der Waals surface area (Å²) in [4.78, 5) is 21.5. The van der Waals surface area contributed by atoms with Crippen LogP contribution in [0.1, 0.15) is 18.1 Å². The zero-order chi connectivity index (χ0) is 17.5. The quantitative estimate of drug-likeness (QED) is 0.792. The van der Waals surface area contributed by atoms with Crippen molar-refractivity contribution in [1.82, 2.24) is 4.90 Å². The van der Waals surface area contributed by atoms with E-state index in [4.69, 9.17) is 19.7 Å². The number of hydrogen-bond acceptors (Lipinski definition) is 5. The number of para-hydroxylation sites is 1. The SMILES string of the molecule is CN1CCOC2c3ccccc3OCCC21.O=C(O)/C=C/C(=O)O. The van der Waals surface area contributed by atoms with Gasteiger partial charge in [-0.15, -0.1) is 0 Å². The Kier molecular flexibility index (Phi) is 6.34. The van der Waals surface area contributed by atoms with E-state index in [1.807, 2.05) is 12.1 Å². The molecule has 0 aliphatic carbocycles. The second-order valence-electron chi connectivity index (χ2n) is 5.52. The van der Waals surface area contributed by atoms with E-state index < -0.39 is 11.9 Å². The largest absolute Gasteiger partial charge is 0.493 e. The number of aliphatic carboxylic acids is 2. The molecule has 2 unspecified atom stereocenters. The number of nitrogens with zero attached hydrogens (tertiary/aromatic N) is 1. The molecule has 24 heavy (non-hydrogen) atoms. The van der Waals surface area contributed by atoms with Crippen LogP contribution in [-0.2, 0) is 14.3 Å². The van der Waals surface area contributed by atoms with Crippen LogP contribution in [0.2, 0.25) is 0 Å². The first-order chi connectivity index (χ1) is 11.5. The molecule has 0 spiro atoms. The fourth-order valence-electron chi connectivity index (χ4n) is 2.78. The van der Waals surface area contributed by atoms with E-state index in [9.17, 15) is 9.59 Å². The highest BCUT2D eigenvalue weighted by molar-refractivity contribution is 5.89. The minimum absolute atomic E-state index is 0.178. The number of fused-ring (bicyclic) bond motifs is 3. The van der Waals surface area contributed by atoms with Crippen LogP contribution >= 0.6 is 0 Å². The van der Waals surface area contributed by atoms with Gasteiger partial charge in [0, 0.05) is 30.3 Å². The zero-order valence-electron chi connectivity index (χ0n) is 13.4. The van der Waals surface area contributed by atoms with Crippen molar-refractivity contribution in [3.8, 4) is 5.75 Å². The molecule has 2 aliphatic rings. The molecule has 2 N–H and O–H groups in total. The molecule has 0 bridgehead atoms. The smallest absolute Gasteiger partial charge is 0.328 e. The lowest BCUT2D eigenvalue weighted by molar-refractivity contribution is -0.134. The summed E-state index contributed by atoms with van der Waals surface area (Å²) in [5, 5.41) is 15.6. The van der Waals surface area contributed by atoms with Crippen LogP contribution in [0.3, 0.4) is 0 Å². The van der Waals surface area contributed by atoms with E-state index in [0.717, 1.165) is 31.9 Å². The van der Waals surface area contributed by atoms with Crippen LogP contribution in [0.15, 0.2) is 36.4 Å². The Bertz CT molecular complexity index is 599. The molecule has 0 radical (unpaired) electrons. The van der Waals surface area contributed by atoms with Gasteiger partial charge >= 0.3 is 11.9 Å². The van der Waals surface area contributed by atoms with Crippen molar-refractivity contribution < 1.29 is 29.3 Å². The Balaban J connectivity index is 0.000000224. The maximum atomic E-state index is 9.55. The number of benzene rings is 1. The third-order valence-electron chi connectivity index (χ3n) is 3.92. The molecule has 2 aliphatic heterocycles. The van der Waals surface area contributed by atoms with E-state index in [1.54, 1.807) is 0 Å². The summed E-state index contributed by atoms with van der Waals surface area (Å²) in [6.07, 6.45) is 2.33. The lowest BCUT2D eigenvalue weighted by Gasteiger charge is -2.38. The summed E-state index contributed by atoms with van der Waals surface area (Å²) >= 11 is 0. The molecule has 3 rings (SSSR count). The van der Waals surface area contributed by atoms with Crippen molar-refractivity contribution in [3.63, 3.8) is 0 Å². The number of carbonyl (C=O) groups is 2. The summed E-state index contributed by atoms with van der Waals surface area (Å²) in [6.45, 7) is 2.61. The molecule has 2 heterocycles. The van der Waals surface area contributed by atoms with Gasteiger partial charge in [0.15, 0.2) is 0 Å². The molecule has 7 nitrogen and oxygen atoms in total. The van der Waals surface area contributed by atoms with Gasteiger partial charge in [-0.2, -0.15) is 0 Å². The molecular formula is C17H21NO6. The van der Waals surface area contributed by atoms with Crippen molar-refractivity contribution in [1.29, 1.82) is 0 Å². The molecule has 0 amide bonds. The summed E-state index contributed by atoms with van der Waals surface area (Å²) in [7, 11) is 2.17. The topological polar surface area (TPSA) is 96.3 Å². The number of carboxylic acids is 2. The first-order valence-electron chi connectivity index (χ1n) is 7.66. The molecular weight excluding hydrogens is 314 g/mol. The molecule has 2 atom stereocenters. The fraction of sp³-hybridized carbons (Fsp3) is 0.412. The molecule has 7 heteroatoms. The third-order valence-corrected chi connectivity index (χ3v) is 3.92. The first kappa shape index (κ1) is 18.0. The second kappa shape index (κ2) is 8.47. The molecule has 1 fully saturated rings. The normalized spacial score (nSPS) is 23.0. The Morgan fingerprint density at radius 3 is 2.50 bits per heavy atom. The van der Waals surface area contributed by atoms with Gasteiger partial charge in [-0.1, -0.05) is 18.2 Å². The lowest BCUT2D eigenvalue weighted by Crippen LogP contribution is -2.44. The van der Waals surface area contributed by atoms with Crippen molar-refractivity contribution in [3.05, 3.63) is 42.0 Å². The van der Waals surface area contributed by atoms with E-state index in [-0.39, 0.29) is 6.10 Å². The number of hydrogen-bond donors (Lipinski definition) is 2. The second-order valence-corrected chi connectivity index (χ2v) is 5.52. The predicted molar refractivity (Wildman–Crippen MR) is 86.1 cm³/mol. The number of carboxylic acid groups (broad SMARTS) is 2. The van der Waals surface area contributed by atoms with Crippen LogP contribution in [0.4, 0.5) is 0 Å². The van der Waals surface area contributed by atoms with Crippen molar-refractivity contribution in [2.45, 2.75) is 18.6 Å². The number of likely N-dealkylation sites (N-methyl/N-ethyl adjacent to an activating group) is 1. The highest BCUT2D eigenvalue weighted by Crippen LogP contribution is 2.37. The van der Waals surface area contributed by atoms with E-state index in [2.05, 4.69) is 24.1 Å². The van der Waals surface area contributed by atoms with Gasteiger partial charge in [0.05, 0.1) is 13.2 Å². The Morgan fingerprint density at radius 2 is 1.83 bits per heavy atom. The minimum Gasteiger partial charge on any atom is -0.493 e. The Morgan fingerprint density at radius 1 is 1.17 bits per heavy atom. The number of rotatable bonds is 2. The van der Waals surface area contributed by atoms with Crippen molar-refractivity contribution in [2.24, 2.45) is 0 Å². The molecule has 1 saturated heterocycles. The highest BCUT2D eigenvalue weighted by atomic mass is 16.5. The van der Waals surface area contributed by atoms with E-state index in [1.165, 1.54) is 5.56 Å². The van der Waals surface area contributed by atoms with Crippen molar-refractivity contribution >= 4 is 11.9 Å². The summed E-state index contributed by atoms with van der Waals surface area (Å²) < 4.78 is 11.7. The Labute approximate surface area is 140 Å². The molecule has 1 aromatic carbocycles. The average Bonchev–Trinajstić information content (AvgIpc) is 2.74. The van der Waals surface area contributed by atoms with Crippen LogP contribution in [0, 0.1) is 0 Å². The molecule has 1 aromatic rings. The molecule has 0 saturated carbocycles. The van der Waals surface area contributed by atoms with E-state index in [0.29, 0.717) is 18.2 Å².